The highest BCUT2D eigenvalue weighted by molar-refractivity contribution is 6.81. The molecular weight excluding hydrogens is 440 g/mol. The molecule has 0 aromatic heterocycles. The lowest BCUT2D eigenvalue weighted by Gasteiger charge is -2.38. The lowest BCUT2D eigenvalue weighted by atomic mass is 9.93. The van der Waals surface area contributed by atoms with Crippen molar-refractivity contribution in [2.24, 2.45) is 5.92 Å². The Morgan fingerprint density at radius 3 is 2.18 bits per heavy atom. The number of hydrogen-bond acceptors (Lipinski definition) is 4. The van der Waals surface area contributed by atoms with Crippen LogP contribution in [0.5, 0.6) is 0 Å². The molecule has 1 aliphatic heterocycles. The minimum absolute atomic E-state index is 0.0174. The van der Waals surface area contributed by atoms with E-state index in [1.807, 2.05) is 24.3 Å². The monoisotopic (exact) mass is 478 g/mol. The molecule has 0 saturated carbocycles. The Labute approximate surface area is 205 Å². The van der Waals surface area contributed by atoms with Crippen LogP contribution in [0.3, 0.4) is 0 Å². The summed E-state index contributed by atoms with van der Waals surface area (Å²) < 4.78 is 4.95. The van der Waals surface area contributed by atoms with Crippen molar-refractivity contribution >= 4 is 20.0 Å². The topological polar surface area (TPSA) is 49.9 Å². The van der Waals surface area contributed by atoms with E-state index >= 15 is 0 Å². The summed E-state index contributed by atoms with van der Waals surface area (Å²) in [6.07, 6.45) is 0. The molecule has 0 aliphatic carbocycles. The second kappa shape index (κ2) is 11.1. The smallest absolute Gasteiger partial charge is 0.325 e. The zero-order valence-corrected chi connectivity index (χ0v) is 22.3. The van der Waals surface area contributed by atoms with Crippen molar-refractivity contribution in [2.75, 3.05) is 20.2 Å². The number of esters is 1. The Balaban J connectivity index is 2.23. The summed E-state index contributed by atoms with van der Waals surface area (Å²) >= 11 is 0. The Morgan fingerprint density at radius 1 is 1.06 bits per heavy atom. The summed E-state index contributed by atoms with van der Waals surface area (Å²) in [4.78, 5) is 30.3. The highest BCUT2D eigenvalue weighted by Crippen LogP contribution is 2.38. The molecule has 2 aromatic carbocycles. The zero-order valence-electron chi connectivity index (χ0n) is 21.3. The molecule has 1 fully saturated rings. The number of methoxy groups -OCH3 is 1. The molecule has 0 radical (unpaired) electrons. The van der Waals surface area contributed by atoms with Crippen molar-refractivity contribution in [3.8, 4) is 0 Å². The maximum Gasteiger partial charge on any atom is 0.325 e. The molecule has 34 heavy (non-hydrogen) atoms. The highest BCUT2D eigenvalue weighted by atomic mass is 28.3. The third kappa shape index (κ3) is 6.45. The van der Waals surface area contributed by atoms with E-state index in [1.54, 1.807) is 4.90 Å². The molecule has 5 nitrogen and oxygen atoms in total. The average Bonchev–Trinajstić information content (AvgIpc) is 2.88. The van der Waals surface area contributed by atoms with Gasteiger partial charge in [-0.2, -0.15) is 0 Å². The van der Waals surface area contributed by atoms with E-state index in [0.29, 0.717) is 13.1 Å². The van der Waals surface area contributed by atoms with Crippen LogP contribution in [-0.2, 0) is 20.9 Å². The summed E-state index contributed by atoms with van der Waals surface area (Å²) in [5, 5.41) is 0. The van der Waals surface area contributed by atoms with Crippen molar-refractivity contribution < 1.29 is 14.3 Å². The fourth-order valence-corrected chi connectivity index (χ4v) is 6.18. The molecule has 1 saturated heterocycles. The average molecular weight is 479 g/mol. The van der Waals surface area contributed by atoms with Gasteiger partial charge in [0.1, 0.15) is 6.54 Å². The fourth-order valence-electron chi connectivity index (χ4n) is 4.82. The van der Waals surface area contributed by atoms with Crippen LogP contribution in [0.2, 0.25) is 19.6 Å². The predicted molar refractivity (Wildman–Crippen MR) is 140 cm³/mol. The summed E-state index contributed by atoms with van der Waals surface area (Å²) in [6.45, 7) is 12.1. The van der Waals surface area contributed by atoms with E-state index in [9.17, 15) is 9.59 Å². The molecule has 2 atom stereocenters. The van der Waals surface area contributed by atoms with Crippen LogP contribution in [0.1, 0.15) is 31.0 Å². The molecule has 3 rings (SSSR count). The van der Waals surface area contributed by atoms with E-state index in [2.05, 4.69) is 80.5 Å². The van der Waals surface area contributed by atoms with Crippen LogP contribution in [0.15, 0.2) is 71.9 Å². The van der Waals surface area contributed by atoms with Crippen molar-refractivity contribution in [3.05, 3.63) is 83.1 Å². The number of benzene rings is 2. The van der Waals surface area contributed by atoms with Gasteiger partial charge in [0.15, 0.2) is 0 Å². The highest BCUT2D eigenvalue weighted by Gasteiger charge is 2.42. The van der Waals surface area contributed by atoms with Gasteiger partial charge in [0.2, 0.25) is 5.91 Å². The molecule has 0 spiro atoms. The van der Waals surface area contributed by atoms with E-state index in [0.717, 1.165) is 5.56 Å². The molecule has 1 heterocycles. The lowest BCUT2D eigenvalue weighted by Crippen LogP contribution is -2.50. The molecule has 0 bridgehead atoms. The third-order valence-electron chi connectivity index (χ3n) is 6.10. The Morgan fingerprint density at radius 2 is 1.65 bits per heavy atom. The molecule has 6 heteroatoms. The van der Waals surface area contributed by atoms with Gasteiger partial charge in [-0.05, 0) is 22.6 Å². The van der Waals surface area contributed by atoms with E-state index < -0.39 is 14.0 Å². The van der Waals surface area contributed by atoms with Crippen LogP contribution in [0, 0.1) is 5.92 Å². The van der Waals surface area contributed by atoms with Crippen LogP contribution in [0.25, 0.3) is 0 Å². The minimum Gasteiger partial charge on any atom is -0.468 e. The molecule has 182 valence electrons. The number of carbonyl (C=O) groups excluding carboxylic acids is 2. The van der Waals surface area contributed by atoms with Gasteiger partial charge in [-0.1, -0.05) is 99.9 Å². The van der Waals surface area contributed by atoms with Crippen LogP contribution < -0.4 is 0 Å². The van der Waals surface area contributed by atoms with Gasteiger partial charge in [0.25, 0.3) is 0 Å². The summed E-state index contributed by atoms with van der Waals surface area (Å²) in [5.74, 6) is -0.346. The molecule has 1 aliphatic rings. The summed E-state index contributed by atoms with van der Waals surface area (Å²) in [6, 6.07) is 20.3. The van der Waals surface area contributed by atoms with Gasteiger partial charge in [0.05, 0.1) is 27.3 Å². The van der Waals surface area contributed by atoms with Crippen LogP contribution >= 0.6 is 0 Å². The maximum atomic E-state index is 14.0. The quantitative estimate of drug-likeness (QED) is 0.412. The third-order valence-corrected chi connectivity index (χ3v) is 7.34. The van der Waals surface area contributed by atoms with Gasteiger partial charge >= 0.3 is 5.97 Å². The fraction of sp³-hybridized carbons (Fsp3) is 0.429. The normalized spacial score (nSPS) is 21.1. The Hall–Kier alpha value is -2.70. The molecule has 1 unspecified atom stereocenters. The number of rotatable bonds is 7. The first-order valence-corrected chi connectivity index (χ1v) is 15.6. The van der Waals surface area contributed by atoms with Crippen molar-refractivity contribution in [3.63, 3.8) is 0 Å². The van der Waals surface area contributed by atoms with Crippen molar-refractivity contribution in [1.29, 1.82) is 0 Å². The largest absolute Gasteiger partial charge is 0.468 e. The number of hydrogen-bond donors (Lipinski definition) is 0. The molecule has 1 amide bonds. The van der Waals surface area contributed by atoms with Crippen LogP contribution in [-0.4, -0.2) is 56.0 Å². The van der Waals surface area contributed by atoms with Crippen LogP contribution in [0.4, 0.5) is 0 Å². The number of ether oxygens (including phenoxy) is 1. The van der Waals surface area contributed by atoms with Gasteiger partial charge in [-0.3, -0.25) is 14.5 Å². The molecular formula is C28H38N2O3Si. The number of amides is 1. The SMILES string of the molecule is COC(=O)CN1C/C(=C\[Si](C)(C)C)C(c2ccccc2)N(Cc2ccccc2)[C@@H](C(C)C)C1=O. The number of nitrogens with zero attached hydrogens (tertiary/aromatic N) is 2. The first-order chi connectivity index (χ1) is 16.1. The first-order valence-electron chi connectivity index (χ1n) is 12.0. The van der Waals surface area contributed by atoms with E-state index in [1.165, 1.54) is 18.2 Å². The molecule has 2 aromatic rings. The predicted octanol–water partition coefficient (Wildman–Crippen LogP) is 5.07. The van der Waals surface area contributed by atoms with Gasteiger partial charge < -0.3 is 9.64 Å². The number of carbonyl (C=O) groups is 2. The Bertz CT molecular complexity index is 999. The van der Waals surface area contributed by atoms with Gasteiger partial charge in [-0.25, -0.2) is 0 Å². The van der Waals surface area contributed by atoms with Gasteiger partial charge in [-0.15, -0.1) is 0 Å². The Kier molecular flexibility index (Phi) is 8.50. The van der Waals surface area contributed by atoms with E-state index in [-0.39, 0.29) is 30.5 Å². The second-order valence-electron chi connectivity index (χ2n) is 10.5. The maximum absolute atomic E-state index is 14.0. The lowest BCUT2D eigenvalue weighted by molar-refractivity contribution is -0.149. The second-order valence-corrected chi connectivity index (χ2v) is 15.5. The summed E-state index contributed by atoms with van der Waals surface area (Å²) in [7, 11) is -0.282. The van der Waals surface area contributed by atoms with E-state index in [4.69, 9.17) is 4.74 Å². The van der Waals surface area contributed by atoms with Gasteiger partial charge in [0, 0.05) is 13.1 Å². The minimum atomic E-state index is -1.66. The molecule has 0 N–H and O–H groups in total. The van der Waals surface area contributed by atoms with Crippen molar-refractivity contribution in [2.45, 2.75) is 52.1 Å². The zero-order chi connectivity index (χ0) is 24.9. The standard InChI is InChI=1S/C28H38N2O3Si/c1-21(2)26-28(32)29(19-25(31)33-3)18-24(20-34(4,5)6)27(23-15-11-8-12-16-23)30(26)17-22-13-9-7-10-14-22/h7-16,20-21,26-27H,17-19H2,1-6H3/b24-20+/t26-,27?/m0/s1. The first kappa shape index (κ1) is 25.9. The summed E-state index contributed by atoms with van der Waals surface area (Å²) in [5.41, 5.74) is 5.92. The van der Waals surface area contributed by atoms with Crippen molar-refractivity contribution in [1.82, 2.24) is 9.80 Å².